The van der Waals surface area contributed by atoms with Gasteiger partial charge in [0.15, 0.2) is 5.96 Å². The molecule has 1 atom stereocenters. The number of aliphatic imine (C=N–C) groups is 1. The summed E-state index contributed by atoms with van der Waals surface area (Å²) >= 11 is 0. The number of nitrogens with one attached hydrogen (secondary N) is 2. The van der Waals surface area contributed by atoms with Crippen LogP contribution < -0.4 is 20.1 Å². The number of hydrogen-bond acceptors (Lipinski definition) is 4. The standard InChI is InChI=1S/C23H31N3O3/c1-3-24-23(26-21-12-15-29-22-11-5-4-10-20(21)22)25-17-18-8-6-9-19(16-18)28-14-7-13-27-2/h4-6,8-11,16,21H,3,7,12-15,17H2,1-2H3,(H2,24,25,26). The van der Waals surface area contributed by atoms with E-state index in [1.165, 1.54) is 5.56 Å². The molecule has 0 spiro atoms. The molecule has 0 saturated carbocycles. The van der Waals surface area contributed by atoms with Gasteiger partial charge in [0, 0.05) is 38.7 Å². The largest absolute Gasteiger partial charge is 0.493 e. The van der Waals surface area contributed by atoms with Crippen molar-refractivity contribution >= 4 is 5.96 Å². The van der Waals surface area contributed by atoms with Crippen molar-refractivity contribution in [1.82, 2.24) is 10.6 Å². The number of rotatable bonds is 9. The zero-order chi connectivity index (χ0) is 20.3. The summed E-state index contributed by atoms with van der Waals surface area (Å²) < 4.78 is 16.6. The number of methoxy groups -OCH3 is 1. The maximum atomic E-state index is 5.79. The monoisotopic (exact) mass is 397 g/mol. The van der Waals surface area contributed by atoms with Crippen molar-refractivity contribution in [3.8, 4) is 11.5 Å². The smallest absolute Gasteiger partial charge is 0.192 e. The van der Waals surface area contributed by atoms with E-state index in [2.05, 4.69) is 29.7 Å². The predicted molar refractivity (Wildman–Crippen MR) is 116 cm³/mol. The van der Waals surface area contributed by atoms with Gasteiger partial charge in [0.2, 0.25) is 0 Å². The minimum Gasteiger partial charge on any atom is -0.493 e. The van der Waals surface area contributed by atoms with Crippen molar-refractivity contribution in [2.75, 3.05) is 33.5 Å². The third kappa shape index (κ3) is 6.39. The van der Waals surface area contributed by atoms with Gasteiger partial charge in [0.1, 0.15) is 11.5 Å². The predicted octanol–water partition coefficient (Wildman–Crippen LogP) is 3.68. The molecule has 6 nitrogen and oxygen atoms in total. The van der Waals surface area contributed by atoms with Gasteiger partial charge in [-0.1, -0.05) is 30.3 Å². The van der Waals surface area contributed by atoms with Crippen molar-refractivity contribution in [1.29, 1.82) is 0 Å². The fraction of sp³-hybridized carbons (Fsp3) is 0.435. The Labute approximate surface area is 173 Å². The molecule has 2 aromatic rings. The number of hydrogen-bond donors (Lipinski definition) is 2. The summed E-state index contributed by atoms with van der Waals surface area (Å²) in [6.07, 6.45) is 1.78. The van der Waals surface area contributed by atoms with Crippen molar-refractivity contribution in [3.05, 3.63) is 59.7 Å². The first-order chi connectivity index (χ1) is 14.3. The Hall–Kier alpha value is -2.73. The molecule has 1 aliphatic heterocycles. The molecule has 2 aromatic carbocycles. The minimum atomic E-state index is 0.188. The molecule has 2 N–H and O–H groups in total. The second kappa shape index (κ2) is 11.3. The van der Waals surface area contributed by atoms with Crippen LogP contribution in [0.15, 0.2) is 53.5 Å². The molecule has 1 aliphatic rings. The topological polar surface area (TPSA) is 64.1 Å². The quantitative estimate of drug-likeness (QED) is 0.384. The highest BCUT2D eigenvalue weighted by Crippen LogP contribution is 2.31. The number of guanidine groups is 1. The lowest BCUT2D eigenvalue weighted by Gasteiger charge is -2.28. The molecule has 0 bridgehead atoms. The van der Waals surface area contributed by atoms with E-state index in [0.717, 1.165) is 42.4 Å². The fourth-order valence-electron chi connectivity index (χ4n) is 3.27. The second-order valence-corrected chi connectivity index (χ2v) is 6.91. The zero-order valence-corrected chi connectivity index (χ0v) is 17.3. The van der Waals surface area contributed by atoms with E-state index >= 15 is 0 Å². The Balaban J connectivity index is 1.63. The van der Waals surface area contributed by atoms with Crippen LogP contribution in [0.25, 0.3) is 0 Å². The summed E-state index contributed by atoms with van der Waals surface area (Å²) in [4.78, 5) is 4.78. The molecule has 6 heteroatoms. The Bertz CT molecular complexity index is 794. The molecule has 0 fully saturated rings. The molecule has 0 aliphatic carbocycles. The summed E-state index contributed by atoms with van der Waals surface area (Å²) in [5, 5.41) is 6.91. The minimum absolute atomic E-state index is 0.188. The second-order valence-electron chi connectivity index (χ2n) is 6.91. The summed E-state index contributed by atoms with van der Waals surface area (Å²) in [7, 11) is 1.70. The summed E-state index contributed by atoms with van der Waals surface area (Å²) in [5.41, 5.74) is 2.29. The Morgan fingerprint density at radius 3 is 2.93 bits per heavy atom. The van der Waals surface area contributed by atoms with Crippen LogP contribution in [0.3, 0.4) is 0 Å². The highest BCUT2D eigenvalue weighted by Gasteiger charge is 2.21. The maximum absolute atomic E-state index is 5.79. The third-order valence-corrected chi connectivity index (χ3v) is 4.69. The van der Waals surface area contributed by atoms with Crippen LogP contribution in [-0.4, -0.2) is 39.4 Å². The van der Waals surface area contributed by atoms with Crippen LogP contribution in [0.2, 0.25) is 0 Å². The van der Waals surface area contributed by atoms with Crippen LogP contribution in [0.5, 0.6) is 11.5 Å². The van der Waals surface area contributed by atoms with Gasteiger partial charge in [0.25, 0.3) is 0 Å². The van der Waals surface area contributed by atoms with Gasteiger partial charge in [-0.2, -0.15) is 0 Å². The zero-order valence-electron chi connectivity index (χ0n) is 17.3. The van der Waals surface area contributed by atoms with Crippen molar-refractivity contribution in [2.24, 2.45) is 4.99 Å². The van der Waals surface area contributed by atoms with Crippen LogP contribution >= 0.6 is 0 Å². The number of benzene rings is 2. The van der Waals surface area contributed by atoms with Crippen molar-refractivity contribution in [3.63, 3.8) is 0 Å². The van der Waals surface area contributed by atoms with Gasteiger partial charge in [-0.05, 0) is 30.7 Å². The molecule has 3 rings (SSSR count). The highest BCUT2D eigenvalue weighted by atomic mass is 16.5. The summed E-state index contributed by atoms with van der Waals surface area (Å²) in [6, 6.07) is 16.5. The van der Waals surface area contributed by atoms with Gasteiger partial charge in [-0.25, -0.2) is 4.99 Å². The third-order valence-electron chi connectivity index (χ3n) is 4.69. The van der Waals surface area contributed by atoms with Gasteiger partial charge in [0.05, 0.1) is 25.8 Å². The van der Waals surface area contributed by atoms with E-state index in [1.54, 1.807) is 7.11 Å². The van der Waals surface area contributed by atoms with Gasteiger partial charge < -0.3 is 24.8 Å². The van der Waals surface area contributed by atoms with Crippen LogP contribution in [-0.2, 0) is 11.3 Å². The van der Waals surface area contributed by atoms with Crippen molar-refractivity contribution < 1.29 is 14.2 Å². The van der Waals surface area contributed by atoms with Gasteiger partial charge in [-0.3, -0.25) is 0 Å². The summed E-state index contributed by atoms with van der Waals surface area (Å²) in [6.45, 7) is 5.51. The highest BCUT2D eigenvalue weighted by molar-refractivity contribution is 5.80. The van der Waals surface area contributed by atoms with E-state index in [0.29, 0.717) is 26.4 Å². The number of nitrogens with zero attached hydrogens (tertiary/aromatic N) is 1. The molecule has 0 aromatic heterocycles. The lowest BCUT2D eigenvalue weighted by molar-refractivity contribution is 0.172. The maximum Gasteiger partial charge on any atom is 0.192 e. The lowest BCUT2D eigenvalue weighted by Crippen LogP contribution is -2.41. The normalized spacial score (nSPS) is 15.9. The van der Waals surface area contributed by atoms with E-state index in [4.69, 9.17) is 19.2 Å². The Morgan fingerprint density at radius 2 is 2.07 bits per heavy atom. The van der Waals surface area contributed by atoms with Crippen LogP contribution in [0.4, 0.5) is 0 Å². The molecule has 29 heavy (non-hydrogen) atoms. The molecular weight excluding hydrogens is 366 g/mol. The summed E-state index contributed by atoms with van der Waals surface area (Å²) in [5.74, 6) is 2.62. The average molecular weight is 398 g/mol. The lowest BCUT2D eigenvalue weighted by atomic mass is 10.0. The first-order valence-corrected chi connectivity index (χ1v) is 10.3. The SMILES string of the molecule is CCNC(=NCc1cccc(OCCCOC)c1)NC1CCOc2ccccc21. The van der Waals surface area contributed by atoms with Crippen LogP contribution in [0, 0.1) is 0 Å². The molecular formula is C23H31N3O3. The Morgan fingerprint density at radius 1 is 1.17 bits per heavy atom. The van der Waals surface area contributed by atoms with E-state index in [9.17, 15) is 0 Å². The molecule has 156 valence electrons. The number of ether oxygens (including phenoxy) is 3. The van der Waals surface area contributed by atoms with E-state index in [1.807, 2.05) is 36.4 Å². The number of para-hydroxylation sites is 1. The first kappa shape index (κ1) is 21.0. The first-order valence-electron chi connectivity index (χ1n) is 10.3. The van der Waals surface area contributed by atoms with E-state index < -0.39 is 0 Å². The molecule has 0 amide bonds. The fourth-order valence-corrected chi connectivity index (χ4v) is 3.27. The average Bonchev–Trinajstić information content (AvgIpc) is 2.76. The molecule has 0 saturated heterocycles. The van der Waals surface area contributed by atoms with Crippen molar-refractivity contribution in [2.45, 2.75) is 32.4 Å². The molecule has 1 unspecified atom stereocenters. The molecule has 0 radical (unpaired) electrons. The Kier molecular flexibility index (Phi) is 8.19. The van der Waals surface area contributed by atoms with Gasteiger partial charge in [-0.15, -0.1) is 0 Å². The van der Waals surface area contributed by atoms with Crippen LogP contribution in [0.1, 0.15) is 36.9 Å². The van der Waals surface area contributed by atoms with E-state index in [-0.39, 0.29) is 6.04 Å². The van der Waals surface area contributed by atoms with Gasteiger partial charge >= 0.3 is 0 Å². The molecule has 1 heterocycles. The number of fused-ring (bicyclic) bond motifs is 1.